The first-order chi connectivity index (χ1) is 14.5. The maximum Gasteiger partial charge on any atom is 0.303 e. The van der Waals surface area contributed by atoms with Crippen molar-refractivity contribution in [1.29, 1.82) is 5.26 Å². The normalized spacial score (nSPS) is 13.3. The van der Waals surface area contributed by atoms with Gasteiger partial charge in [0.2, 0.25) is 0 Å². The molecule has 0 saturated carbocycles. The number of ether oxygens (including phenoxy) is 1. The van der Waals surface area contributed by atoms with Crippen LogP contribution in [0, 0.1) is 11.3 Å². The Morgan fingerprint density at radius 3 is 2.12 bits per heavy atom. The van der Waals surface area contributed by atoms with Crippen LogP contribution in [0.25, 0.3) is 0 Å². The summed E-state index contributed by atoms with van der Waals surface area (Å²) in [6.45, 7) is 5.13. The van der Waals surface area contributed by atoms with Gasteiger partial charge in [0.25, 0.3) is 0 Å². The van der Waals surface area contributed by atoms with Crippen molar-refractivity contribution in [2.75, 3.05) is 44.2 Å². The van der Waals surface area contributed by atoms with E-state index in [1.165, 1.54) is 0 Å². The second-order valence-electron chi connectivity index (χ2n) is 7.18. The van der Waals surface area contributed by atoms with E-state index >= 15 is 0 Å². The molecule has 9 heteroatoms. The standard InChI is InChI=1S/C23H25N3O4.2ClH/c24-17-18-1-5-20(6-2-18)26-13-11-25(12-14-26)15-16-30-21-7-3-19(4-8-21)22(27)9-10-23(28)29;;/h1-8H,9-16H2,(H,28,29);2*1H. The van der Waals surface area contributed by atoms with E-state index in [2.05, 4.69) is 15.9 Å². The smallest absolute Gasteiger partial charge is 0.303 e. The number of carboxylic acids is 1. The zero-order chi connectivity index (χ0) is 21.3. The minimum absolute atomic E-state index is 0. The monoisotopic (exact) mass is 479 g/mol. The molecule has 0 aliphatic carbocycles. The molecule has 0 spiro atoms. The zero-order valence-electron chi connectivity index (χ0n) is 17.6. The Bertz CT molecular complexity index is 906. The van der Waals surface area contributed by atoms with E-state index in [1.807, 2.05) is 24.3 Å². The van der Waals surface area contributed by atoms with Gasteiger partial charge in [0.15, 0.2) is 5.78 Å². The summed E-state index contributed by atoms with van der Waals surface area (Å²) >= 11 is 0. The summed E-state index contributed by atoms with van der Waals surface area (Å²) in [4.78, 5) is 27.1. The summed E-state index contributed by atoms with van der Waals surface area (Å²) < 4.78 is 5.79. The molecule has 0 amide bonds. The number of nitrogens with zero attached hydrogens (tertiary/aromatic N) is 3. The molecule has 1 N–H and O–H groups in total. The van der Waals surface area contributed by atoms with Crippen molar-refractivity contribution in [3.8, 4) is 11.8 Å². The van der Waals surface area contributed by atoms with Gasteiger partial charge < -0.3 is 14.7 Å². The van der Waals surface area contributed by atoms with Crippen LogP contribution < -0.4 is 9.64 Å². The number of piperazine rings is 1. The summed E-state index contributed by atoms with van der Waals surface area (Å²) in [6, 6.07) is 16.7. The zero-order valence-corrected chi connectivity index (χ0v) is 19.2. The molecule has 2 aromatic carbocycles. The van der Waals surface area contributed by atoms with Gasteiger partial charge in [-0.25, -0.2) is 0 Å². The number of carbonyl (C=O) groups excluding carboxylic acids is 1. The van der Waals surface area contributed by atoms with Gasteiger partial charge in [-0.15, -0.1) is 24.8 Å². The molecule has 172 valence electrons. The Hall–Kier alpha value is -2.79. The fraction of sp³-hybridized carbons (Fsp3) is 0.348. The average molecular weight is 480 g/mol. The van der Waals surface area contributed by atoms with E-state index in [1.54, 1.807) is 24.3 Å². The van der Waals surface area contributed by atoms with Crippen molar-refractivity contribution in [3.63, 3.8) is 0 Å². The van der Waals surface area contributed by atoms with Crippen LogP contribution in [0.4, 0.5) is 5.69 Å². The van der Waals surface area contributed by atoms with Gasteiger partial charge in [0, 0.05) is 50.4 Å². The fourth-order valence-corrected chi connectivity index (χ4v) is 3.37. The molecule has 0 aromatic heterocycles. The van der Waals surface area contributed by atoms with Gasteiger partial charge in [0.1, 0.15) is 12.4 Å². The molecule has 1 heterocycles. The molecule has 0 bridgehead atoms. The SMILES string of the molecule is Cl.Cl.N#Cc1ccc(N2CCN(CCOc3ccc(C(=O)CCC(=O)O)cc3)CC2)cc1. The topological polar surface area (TPSA) is 93.9 Å². The van der Waals surface area contributed by atoms with Crippen LogP contribution in [-0.2, 0) is 4.79 Å². The van der Waals surface area contributed by atoms with Gasteiger partial charge >= 0.3 is 5.97 Å². The minimum Gasteiger partial charge on any atom is -0.492 e. The van der Waals surface area contributed by atoms with Gasteiger partial charge in [0.05, 0.1) is 18.1 Å². The third-order valence-electron chi connectivity index (χ3n) is 5.15. The lowest BCUT2D eigenvalue weighted by Crippen LogP contribution is -2.47. The highest BCUT2D eigenvalue weighted by molar-refractivity contribution is 5.97. The van der Waals surface area contributed by atoms with Gasteiger partial charge in [-0.3, -0.25) is 14.5 Å². The molecular weight excluding hydrogens is 453 g/mol. The van der Waals surface area contributed by atoms with Crippen molar-refractivity contribution >= 4 is 42.3 Å². The van der Waals surface area contributed by atoms with E-state index in [-0.39, 0.29) is 43.4 Å². The Morgan fingerprint density at radius 2 is 1.56 bits per heavy atom. The summed E-state index contributed by atoms with van der Waals surface area (Å²) in [5.41, 5.74) is 2.32. The molecule has 1 aliphatic rings. The quantitative estimate of drug-likeness (QED) is 0.548. The van der Waals surface area contributed by atoms with Crippen molar-refractivity contribution in [3.05, 3.63) is 59.7 Å². The summed E-state index contributed by atoms with van der Waals surface area (Å²) in [5, 5.41) is 17.6. The Labute approximate surface area is 200 Å². The number of rotatable bonds is 9. The fourth-order valence-electron chi connectivity index (χ4n) is 3.37. The van der Waals surface area contributed by atoms with Crippen LogP contribution in [0.3, 0.4) is 0 Å². The van der Waals surface area contributed by atoms with Gasteiger partial charge in [-0.2, -0.15) is 5.26 Å². The molecule has 3 rings (SSSR count). The first-order valence-electron chi connectivity index (χ1n) is 10.0. The molecule has 0 atom stereocenters. The largest absolute Gasteiger partial charge is 0.492 e. The number of aliphatic carboxylic acids is 1. The summed E-state index contributed by atoms with van der Waals surface area (Å²) in [5.74, 6) is -0.453. The van der Waals surface area contributed by atoms with E-state index < -0.39 is 5.97 Å². The number of hydrogen-bond acceptors (Lipinski definition) is 6. The van der Waals surface area contributed by atoms with Crippen molar-refractivity contribution in [1.82, 2.24) is 4.90 Å². The minimum atomic E-state index is -0.971. The molecule has 0 unspecified atom stereocenters. The second kappa shape index (κ2) is 13.6. The van der Waals surface area contributed by atoms with Gasteiger partial charge in [-0.05, 0) is 48.5 Å². The first-order valence-corrected chi connectivity index (χ1v) is 10.0. The predicted octanol–water partition coefficient (Wildman–Crippen LogP) is 3.65. The maximum atomic E-state index is 11.9. The van der Waals surface area contributed by atoms with Crippen molar-refractivity contribution < 1.29 is 19.4 Å². The number of hydrogen-bond donors (Lipinski definition) is 1. The van der Waals surface area contributed by atoms with E-state index in [0.29, 0.717) is 23.5 Å². The lowest BCUT2D eigenvalue weighted by atomic mass is 10.1. The number of carbonyl (C=O) groups is 2. The van der Waals surface area contributed by atoms with Crippen molar-refractivity contribution in [2.45, 2.75) is 12.8 Å². The van der Waals surface area contributed by atoms with E-state index in [0.717, 1.165) is 38.4 Å². The van der Waals surface area contributed by atoms with E-state index in [4.69, 9.17) is 15.1 Å². The lowest BCUT2D eigenvalue weighted by Gasteiger charge is -2.36. The molecular formula is C23H27Cl2N3O4. The molecule has 1 aliphatic heterocycles. The number of ketones is 1. The Balaban J connectivity index is 0.00000256. The number of Topliss-reactive ketones (excluding diaryl/α,β-unsaturated/α-hetero) is 1. The van der Waals surface area contributed by atoms with Crippen LogP contribution in [0.2, 0.25) is 0 Å². The van der Waals surface area contributed by atoms with Crippen LogP contribution in [0.15, 0.2) is 48.5 Å². The number of benzene rings is 2. The number of carboxylic acid groups (broad SMARTS) is 1. The third kappa shape index (κ3) is 8.04. The summed E-state index contributed by atoms with van der Waals surface area (Å²) in [7, 11) is 0. The first kappa shape index (κ1) is 27.2. The van der Waals surface area contributed by atoms with Crippen molar-refractivity contribution in [2.24, 2.45) is 0 Å². The number of anilines is 1. The van der Waals surface area contributed by atoms with Crippen LogP contribution in [0.1, 0.15) is 28.8 Å². The van der Waals surface area contributed by atoms with Crippen LogP contribution in [-0.4, -0.2) is 61.1 Å². The van der Waals surface area contributed by atoms with Crippen LogP contribution >= 0.6 is 24.8 Å². The average Bonchev–Trinajstić information content (AvgIpc) is 2.78. The second-order valence-corrected chi connectivity index (χ2v) is 7.18. The molecule has 7 nitrogen and oxygen atoms in total. The number of halogens is 2. The Morgan fingerprint density at radius 1 is 0.938 bits per heavy atom. The van der Waals surface area contributed by atoms with Crippen LogP contribution in [0.5, 0.6) is 5.75 Å². The molecule has 2 aromatic rings. The highest BCUT2D eigenvalue weighted by atomic mass is 35.5. The Kier molecular flexibility index (Phi) is 11.6. The molecule has 32 heavy (non-hydrogen) atoms. The third-order valence-corrected chi connectivity index (χ3v) is 5.15. The highest BCUT2D eigenvalue weighted by Crippen LogP contribution is 2.18. The molecule has 0 radical (unpaired) electrons. The lowest BCUT2D eigenvalue weighted by molar-refractivity contribution is -0.136. The molecule has 1 saturated heterocycles. The predicted molar refractivity (Wildman–Crippen MR) is 127 cm³/mol. The van der Waals surface area contributed by atoms with E-state index in [9.17, 15) is 9.59 Å². The van der Waals surface area contributed by atoms with Gasteiger partial charge in [-0.1, -0.05) is 0 Å². The summed E-state index contributed by atoms with van der Waals surface area (Å²) in [6.07, 6.45) is -0.153. The number of nitriles is 1. The maximum absolute atomic E-state index is 11.9. The highest BCUT2D eigenvalue weighted by Gasteiger charge is 2.17. The molecule has 1 fully saturated rings.